The number of piperidine rings is 1. The fourth-order valence-corrected chi connectivity index (χ4v) is 3.78. The van der Waals surface area contributed by atoms with Crippen molar-refractivity contribution in [3.63, 3.8) is 0 Å². The minimum atomic E-state index is -0.930. The lowest BCUT2D eigenvalue weighted by Gasteiger charge is -2.40. The van der Waals surface area contributed by atoms with Crippen LogP contribution in [0.2, 0.25) is 0 Å². The van der Waals surface area contributed by atoms with Gasteiger partial charge in [0.2, 0.25) is 0 Å². The van der Waals surface area contributed by atoms with Gasteiger partial charge in [-0.15, -0.1) is 0 Å². The van der Waals surface area contributed by atoms with Gasteiger partial charge in [0.05, 0.1) is 11.4 Å². The number of hydrogen-bond acceptors (Lipinski definition) is 5. The zero-order chi connectivity index (χ0) is 22.3. The lowest BCUT2D eigenvalue weighted by Crippen LogP contribution is -2.50. The molecule has 2 aliphatic rings. The summed E-state index contributed by atoms with van der Waals surface area (Å²) >= 11 is 0. The third kappa shape index (κ3) is 6.09. The normalized spacial score (nSPS) is 23.3. The number of aliphatic imine (C=N–C) groups is 1. The first kappa shape index (κ1) is 23.5. The molecule has 5 nitrogen and oxygen atoms in total. The summed E-state index contributed by atoms with van der Waals surface area (Å²) in [5, 5.41) is 15.3. The second-order valence-electron chi connectivity index (χ2n) is 8.46. The Balaban J connectivity index is 2.26. The molecule has 0 radical (unpaired) electrons. The number of hydrogen-bond donors (Lipinski definition) is 2. The van der Waals surface area contributed by atoms with E-state index in [0.29, 0.717) is 42.4 Å². The zero-order valence-electron chi connectivity index (χ0n) is 18.8. The summed E-state index contributed by atoms with van der Waals surface area (Å²) in [7, 11) is 0. The number of nitrogens with zero attached hydrogens (tertiary/aromatic N) is 3. The van der Waals surface area contributed by atoms with E-state index >= 15 is 0 Å². The average molecular weight is 412 g/mol. The molecular weight excluding hydrogens is 377 g/mol. The fraction of sp³-hybridized carbons (Fsp3) is 0.500. The van der Waals surface area contributed by atoms with E-state index in [2.05, 4.69) is 49.9 Å². The van der Waals surface area contributed by atoms with Crippen LogP contribution in [-0.4, -0.2) is 35.9 Å². The van der Waals surface area contributed by atoms with Gasteiger partial charge in [-0.1, -0.05) is 32.1 Å². The van der Waals surface area contributed by atoms with Crippen LogP contribution in [0.15, 0.2) is 64.2 Å². The molecule has 6 heteroatoms. The number of alkyl halides is 1. The first-order chi connectivity index (χ1) is 14.3. The summed E-state index contributed by atoms with van der Waals surface area (Å²) in [6.07, 6.45) is 9.63. The number of rotatable bonds is 7. The molecule has 0 spiro atoms. The van der Waals surface area contributed by atoms with E-state index in [0.717, 1.165) is 12.1 Å². The van der Waals surface area contributed by atoms with E-state index in [1.54, 1.807) is 12.3 Å². The van der Waals surface area contributed by atoms with Crippen molar-refractivity contribution in [3.8, 4) is 6.19 Å². The van der Waals surface area contributed by atoms with Crippen LogP contribution in [0.1, 0.15) is 47.5 Å². The molecule has 2 unspecified atom stereocenters. The maximum Gasteiger partial charge on any atom is 0.181 e. The van der Waals surface area contributed by atoms with E-state index in [9.17, 15) is 4.39 Å². The maximum absolute atomic E-state index is 14.7. The molecule has 1 heterocycles. The van der Waals surface area contributed by atoms with E-state index in [4.69, 9.17) is 5.26 Å². The Hall–Kier alpha value is -2.81. The molecule has 1 aliphatic heterocycles. The van der Waals surface area contributed by atoms with Gasteiger partial charge in [0.15, 0.2) is 6.19 Å². The zero-order valence-corrected chi connectivity index (χ0v) is 18.8. The number of halogens is 1. The lowest BCUT2D eigenvalue weighted by molar-refractivity contribution is 0.143. The van der Waals surface area contributed by atoms with Crippen LogP contribution in [0.3, 0.4) is 0 Å². The third-order valence-electron chi connectivity index (χ3n) is 5.14. The first-order valence-electron chi connectivity index (χ1n) is 10.5. The molecule has 0 amide bonds. The van der Waals surface area contributed by atoms with E-state index in [1.165, 1.54) is 11.3 Å². The monoisotopic (exact) mass is 411 g/mol. The fourth-order valence-electron chi connectivity index (χ4n) is 3.78. The predicted octanol–water partition coefficient (Wildman–Crippen LogP) is 4.71. The van der Waals surface area contributed by atoms with Crippen LogP contribution < -0.4 is 10.6 Å². The highest BCUT2D eigenvalue weighted by molar-refractivity contribution is 6.15. The molecule has 2 atom stereocenters. The highest BCUT2D eigenvalue weighted by Crippen LogP contribution is 2.28. The smallest absolute Gasteiger partial charge is 0.181 e. The van der Waals surface area contributed by atoms with Gasteiger partial charge in [0.1, 0.15) is 6.17 Å². The molecule has 1 fully saturated rings. The summed E-state index contributed by atoms with van der Waals surface area (Å²) in [6.45, 7) is 15.7. The van der Waals surface area contributed by atoms with Crippen LogP contribution in [0.25, 0.3) is 0 Å². The van der Waals surface area contributed by atoms with Crippen LogP contribution in [0, 0.1) is 17.4 Å². The predicted molar refractivity (Wildman–Crippen MR) is 122 cm³/mol. The second-order valence-corrected chi connectivity index (χ2v) is 8.46. The van der Waals surface area contributed by atoms with Gasteiger partial charge in [-0.25, -0.2) is 4.39 Å². The topological polar surface area (TPSA) is 63.4 Å². The molecule has 30 heavy (non-hydrogen) atoms. The molecule has 0 aromatic rings. The minimum absolute atomic E-state index is 0.0182. The van der Waals surface area contributed by atoms with Crippen molar-refractivity contribution >= 4 is 5.71 Å². The van der Waals surface area contributed by atoms with E-state index < -0.39 is 6.17 Å². The van der Waals surface area contributed by atoms with Crippen LogP contribution in [-0.2, 0) is 0 Å². The van der Waals surface area contributed by atoms with Crippen LogP contribution >= 0.6 is 0 Å². The average Bonchev–Trinajstić information content (AvgIpc) is 2.66. The SMILES string of the molecule is C=C1C(N2CC(F)CC(NC(CC(C)C)=C(C)C)C2)=CC=C(NC#N)/C1=N/C=C\C. The Kier molecular flexibility index (Phi) is 8.46. The molecule has 0 saturated carbocycles. The molecule has 0 aromatic carbocycles. The number of nitriles is 1. The quantitative estimate of drug-likeness (QED) is 0.470. The summed E-state index contributed by atoms with van der Waals surface area (Å²) in [5.41, 5.74) is 5.17. The second kappa shape index (κ2) is 10.8. The highest BCUT2D eigenvalue weighted by atomic mass is 19.1. The minimum Gasteiger partial charge on any atom is -0.384 e. The van der Waals surface area contributed by atoms with Crippen LogP contribution in [0.4, 0.5) is 4.39 Å². The lowest BCUT2D eigenvalue weighted by atomic mass is 9.95. The van der Waals surface area contributed by atoms with Crippen molar-refractivity contribution in [1.82, 2.24) is 15.5 Å². The Morgan fingerprint density at radius 1 is 1.40 bits per heavy atom. The van der Waals surface area contributed by atoms with Crippen molar-refractivity contribution in [2.75, 3.05) is 13.1 Å². The van der Waals surface area contributed by atoms with Gasteiger partial charge in [-0.05, 0) is 45.3 Å². The molecule has 1 saturated heterocycles. The van der Waals surface area contributed by atoms with Crippen molar-refractivity contribution in [2.45, 2.75) is 59.7 Å². The van der Waals surface area contributed by atoms with Gasteiger partial charge in [-0.3, -0.25) is 10.3 Å². The molecule has 2 N–H and O–H groups in total. The van der Waals surface area contributed by atoms with Crippen molar-refractivity contribution in [2.24, 2.45) is 10.9 Å². The van der Waals surface area contributed by atoms with E-state index in [-0.39, 0.29) is 6.04 Å². The standard InChI is InChI=1S/C24H34FN5/c1-7-10-27-24-18(6)23(9-8-21(24)28-15-26)30-13-19(25)12-20(14-30)29-22(17(4)5)11-16(2)3/h7-10,16,19-20,28-29H,6,11-14H2,1-5H3/b10-7-,27-24+. The van der Waals surface area contributed by atoms with Gasteiger partial charge < -0.3 is 10.2 Å². The molecule has 0 aromatic heterocycles. The summed E-state index contributed by atoms with van der Waals surface area (Å²) < 4.78 is 14.7. The molecule has 1 aliphatic carbocycles. The van der Waals surface area contributed by atoms with Gasteiger partial charge in [0.25, 0.3) is 0 Å². The van der Waals surface area contributed by atoms with Crippen molar-refractivity contribution in [1.29, 1.82) is 5.26 Å². The Morgan fingerprint density at radius 3 is 2.73 bits per heavy atom. The number of likely N-dealkylation sites (tertiary alicyclic amines) is 1. The molecule has 0 bridgehead atoms. The molecular formula is C24H34FN5. The highest BCUT2D eigenvalue weighted by Gasteiger charge is 2.31. The largest absolute Gasteiger partial charge is 0.384 e. The maximum atomic E-state index is 14.7. The van der Waals surface area contributed by atoms with Gasteiger partial charge in [-0.2, -0.15) is 5.26 Å². The molecule has 162 valence electrons. The summed E-state index contributed by atoms with van der Waals surface area (Å²) in [6, 6.07) is 0.0182. The van der Waals surface area contributed by atoms with E-state index in [1.807, 2.05) is 30.2 Å². The van der Waals surface area contributed by atoms with Crippen molar-refractivity contribution < 1.29 is 4.39 Å². The number of allylic oxidation sites excluding steroid dienone is 7. The van der Waals surface area contributed by atoms with Crippen molar-refractivity contribution in [3.05, 3.63) is 59.2 Å². The third-order valence-corrected chi connectivity index (χ3v) is 5.14. The van der Waals surface area contributed by atoms with Gasteiger partial charge >= 0.3 is 0 Å². The van der Waals surface area contributed by atoms with Crippen LogP contribution in [0.5, 0.6) is 0 Å². The number of nitrogens with one attached hydrogen (secondary N) is 2. The first-order valence-corrected chi connectivity index (χ1v) is 10.5. The summed E-state index contributed by atoms with van der Waals surface area (Å²) in [5.74, 6) is 0.533. The summed E-state index contributed by atoms with van der Waals surface area (Å²) in [4.78, 5) is 6.48. The Labute approximate surface area is 180 Å². The Morgan fingerprint density at radius 2 is 2.13 bits per heavy atom. The Bertz CT molecular complexity index is 834. The van der Waals surface area contributed by atoms with Gasteiger partial charge in [0, 0.05) is 48.7 Å². The molecule has 2 rings (SSSR count).